The number of nitrogens with one attached hydrogen (secondary N) is 1. The van der Waals surface area contributed by atoms with Gasteiger partial charge in [-0.2, -0.15) is 5.10 Å². The molecule has 1 aliphatic heterocycles. The first-order chi connectivity index (χ1) is 13.2. The average Bonchev–Trinajstić information content (AvgIpc) is 3.40. The summed E-state index contributed by atoms with van der Waals surface area (Å²) in [5, 5.41) is 7.73. The molecular weight excluding hydrogens is 342 g/mol. The van der Waals surface area contributed by atoms with Crippen molar-refractivity contribution in [3.8, 4) is 0 Å². The molecule has 3 aliphatic rings. The Bertz CT molecular complexity index is 789. The Morgan fingerprint density at radius 3 is 2.96 bits per heavy atom. The molecule has 1 saturated carbocycles. The van der Waals surface area contributed by atoms with E-state index in [0.29, 0.717) is 35.8 Å². The maximum absolute atomic E-state index is 12.9. The summed E-state index contributed by atoms with van der Waals surface area (Å²) in [6.07, 6.45) is 9.78. The van der Waals surface area contributed by atoms with Gasteiger partial charge in [-0.05, 0) is 43.9 Å². The SMILES string of the molecule is C=CC=N/C(=C\N)n1nc(C(=O)NCC2CCOCC2)c2c1[C@H]1C[C@H]1CC2. The molecule has 144 valence electrons. The Labute approximate surface area is 159 Å². The number of carbonyl (C=O) groups excluding carboxylic acids is 1. The molecule has 7 heteroatoms. The first kappa shape index (κ1) is 18.0. The Kier molecular flexibility index (Phi) is 5.11. The minimum absolute atomic E-state index is 0.0975. The van der Waals surface area contributed by atoms with Crippen molar-refractivity contribution in [2.45, 2.75) is 38.0 Å². The van der Waals surface area contributed by atoms with Crippen LogP contribution in [0.5, 0.6) is 0 Å². The lowest BCUT2D eigenvalue weighted by Gasteiger charge is -2.22. The molecule has 0 radical (unpaired) electrons. The summed E-state index contributed by atoms with van der Waals surface area (Å²) in [5.41, 5.74) is 8.49. The van der Waals surface area contributed by atoms with Gasteiger partial charge in [0.2, 0.25) is 0 Å². The largest absolute Gasteiger partial charge is 0.402 e. The van der Waals surface area contributed by atoms with Gasteiger partial charge in [-0.3, -0.25) is 4.79 Å². The zero-order valence-corrected chi connectivity index (χ0v) is 15.6. The number of amides is 1. The number of hydrogen-bond acceptors (Lipinski definition) is 5. The monoisotopic (exact) mass is 369 g/mol. The fourth-order valence-electron chi connectivity index (χ4n) is 4.25. The van der Waals surface area contributed by atoms with Gasteiger partial charge in [0.15, 0.2) is 11.5 Å². The number of fused-ring (bicyclic) bond motifs is 3. The molecule has 0 spiro atoms. The molecule has 7 nitrogen and oxygen atoms in total. The third-order valence-electron chi connectivity index (χ3n) is 5.85. The number of nitrogens with zero attached hydrogens (tertiary/aromatic N) is 3. The zero-order valence-electron chi connectivity index (χ0n) is 15.6. The van der Waals surface area contributed by atoms with Gasteiger partial charge in [0.1, 0.15) is 0 Å². The first-order valence-corrected chi connectivity index (χ1v) is 9.78. The van der Waals surface area contributed by atoms with Crippen LogP contribution in [0.1, 0.15) is 53.3 Å². The van der Waals surface area contributed by atoms with Crippen LogP contribution in [0.2, 0.25) is 0 Å². The van der Waals surface area contributed by atoms with Crippen molar-refractivity contribution in [2.75, 3.05) is 19.8 Å². The third kappa shape index (κ3) is 3.56. The van der Waals surface area contributed by atoms with Gasteiger partial charge < -0.3 is 15.8 Å². The number of aromatic nitrogens is 2. The topological polar surface area (TPSA) is 94.5 Å². The smallest absolute Gasteiger partial charge is 0.272 e. The molecule has 27 heavy (non-hydrogen) atoms. The third-order valence-corrected chi connectivity index (χ3v) is 5.85. The Hall–Kier alpha value is -2.41. The molecular formula is C20H27N5O2. The molecule has 3 N–H and O–H groups in total. The first-order valence-electron chi connectivity index (χ1n) is 9.78. The highest BCUT2D eigenvalue weighted by molar-refractivity contribution is 5.94. The van der Waals surface area contributed by atoms with Crippen LogP contribution in [0.4, 0.5) is 0 Å². The summed E-state index contributed by atoms with van der Waals surface area (Å²) in [6.45, 7) is 5.88. The highest BCUT2D eigenvalue weighted by Crippen LogP contribution is 2.55. The molecule has 1 aromatic heterocycles. The van der Waals surface area contributed by atoms with Crippen LogP contribution in [0.3, 0.4) is 0 Å². The molecule has 2 fully saturated rings. The fourth-order valence-corrected chi connectivity index (χ4v) is 4.25. The molecule has 0 unspecified atom stereocenters. The zero-order chi connectivity index (χ0) is 18.8. The van der Waals surface area contributed by atoms with Crippen molar-refractivity contribution < 1.29 is 9.53 Å². The summed E-state index contributed by atoms with van der Waals surface area (Å²) < 4.78 is 7.16. The van der Waals surface area contributed by atoms with Crippen molar-refractivity contribution in [1.82, 2.24) is 15.1 Å². The van der Waals surface area contributed by atoms with Crippen molar-refractivity contribution in [1.29, 1.82) is 0 Å². The van der Waals surface area contributed by atoms with Crippen molar-refractivity contribution in [2.24, 2.45) is 22.6 Å². The number of ether oxygens (including phenoxy) is 1. The number of carbonyl (C=O) groups is 1. The summed E-state index contributed by atoms with van der Waals surface area (Å²) in [6, 6.07) is 0. The lowest BCUT2D eigenvalue weighted by atomic mass is 9.95. The minimum Gasteiger partial charge on any atom is -0.402 e. The van der Waals surface area contributed by atoms with Crippen molar-refractivity contribution in [3.63, 3.8) is 0 Å². The second-order valence-corrected chi connectivity index (χ2v) is 7.57. The van der Waals surface area contributed by atoms with Crippen LogP contribution >= 0.6 is 0 Å². The Morgan fingerprint density at radius 2 is 2.22 bits per heavy atom. The van der Waals surface area contributed by atoms with Gasteiger partial charge >= 0.3 is 0 Å². The highest BCUT2D eigenvalue weighted by atomic mass is 16.5. The summed E-state index contributed by atoms with van der Waals surface area (Å²) in [5.74, 6) is 2.08. The van der Waals surface area contributed by atoms with E-state index in [1.54, 1.807) is 17.0 Å². The van der Waals surface area contributed by atoms with Gasteiger partial charge in [0, 0.05) is 43.7 Å². The van der Waals surface area contributed by atoms with E-state index in [0.717, 1.165) is 56.6 Å². The summed E-state index contributed by atoms with van der Waals surface area (Å²) in [7, 11) is 0. The lowest BCUT2D eigenvalue weighted by molar-refractivity contribution is 0.0642. The molecule has 0 bridgehead atoms. The lowest BCUT2D eigenvalue weighted by Crippen LogP contribution is -2.33. The molecule has 2 atom stereocenters. The Morgan fingerprint density at radius 1 is 1.41 bits per heavy atom. The second kappa shape index (κ2) is 7.68. The van der Waals surface area contributed by atoms with Gasteiger partial charge in [-0.25, -0.2) is 9.67 Å². The second-order valence-electron chi connectivity index (χ2n) is 7.57. The number of nitrogens with two attached hydrogens (primary N) is 1. The molecule has 1 amide bonds. The number of rotatable bonds is 6. The quantitative estimate of drug-likeness (QED) is 0.751. The van der Waals surface area contributed by atoms with Crippen LogP contribution in [0.25, 0.3) is 5.82 Å². The van der Waals surface area contributed by atoms with Gasteiger partial charge in [-0.1, -0.05) is 12.7 Å². The van der Waals surface area contributed by atoms with Gasteiger partial charge in [0.25, 0.3) is 5.91 Å². The fraction of sp³-hybridized carbons (Fsp3) is 0.550. The molecule has 1 saturated heterocycles. The predicted molar refractivity (Wildman–Crippen MR) is 104 cm³/mol. The van der Waals surface area contributed by atoms with E-state index >= 15 is 0 Å². The number of aliphatic imine (C=N–C) groups is 1. The van der Waals surface area contributed by atoms with E-state index in [9.17, 15) is 4.79 Å². The van der Waals surface area contributed by atoms with E-state index in [1.807, 2.05) is 0 Å². The predicted octanol–water partition coefficient (Wildman–Crippen LogP) is 2.06. The van der Waals surface area contributed by atoms with Crippen LogP contribution in [0.15, 0.2) is 23.8 Å². The van der Waals surface area contributed by atoms with E-state index in [-0.39, 0.29) is 5.91 Å². The molecule has 2 aliphatic carbocycles. The summed E-state index contributed by atoms with van der Waals surface area (Å²) in [4.78, 5) is 17.2. The highest BCUT2D eigenvalue weighted by Gasteiger charge is 2.47. The standard InChI is InChI=1S/C20H27N5O2/c1-2-7-22-17(11-21)25-19-15(4-3-14-10-16(14)19)18(24-25)20(26)23-12-13-5-8-27-9-6-13/h2,7,11,13-14,16H,1,3-6,8-10,12,21H2,(H,23,26)/b17-11+,22-7?/t14-,16+/m1/s1. The van der Waals surface area contributed by atoms with E-state index < -0.39 is 0 Å². The van der Waals surface area contributed by atoms with E-state index in [2.05, 4.69) is 22.0 Å². The van der Waals surface area contributed by atoms with Crippen LogP contribution in [-0.4, -0.2) is 41.7 Å². The normalized spacial score (nSPS) is 25.1. The molecule has 1 aromatic rings. The minimum atomic E-state index is -0.0975. The number of hydrogen-bond donors (Lipinski definition) is 2. The number of allylic oxidation sites excluding steroid dienone is 1. The van der Waals surface area contributed by atoms with Crippen molar-refractivity contribution in [3.05, 3.63) is 35.8 Å². The van der Waals surface area contributed by atoms with E-state index in [4.69, 9.17) is 10.5 Å². The van der Waals surface area contributed by atoms with Crippen LogP contribution in [-0.2, 0) is 11.2 Å². The average molecular weight is 369 g/mol. The van der Waals surface area contributed by atoms with Gasteiger partial charge in [-0.15, -0.1) is 0 Å². The molecule has 0 aromatic carbocycles. The van der Waals surface area contributed by atoms with Gasteiger partial charge in [0.05, 0.1) is 5.69 Å². The molecule has 4 rings (SSSR count). The van der Waals surface area contributed by atoms with Crippen molar-refractivity contribution >= 4 is 17.9 Å². The van der Waals surface area contributed by atoms with E-state index in [1.165, 1.54) is 6.20 Å². The van der Waals surface area contributed by atoms with Crippen LogP contribution in [0, 0.1) is 11.8 Å². The maximum atomic E-state index is 12.9. The molecule has 2 heterocycles. The maximum Gasteiger partial charge on any atom is 0.272 e. The van der Waals surface area contributed by atoms with Crippen LogP contribution < -0.4 is 11.1 Å². The Balaban J connectivity index is 1.59. The summed E-state index contributed by atoms with van der Waals surface area (Å²) >= 11 is 0.